The topological polar surface area (TPSA) is 47.9 Å². The van der Waals surface area contributed by atoms with Crippen molar-refractivity contribution in [3.05, 3.63) is 29.8 Å². The monoisotopic (exact) mass is 266 g/mol. The van der Waals surface area contributed by atoms with Gasteiger partial charge in [0.25, 0.3) is 0 Å². The molecule has 4 nitrogen and oxygen atoms in total. The molecule has 0 aromatic heterocycles. The van der Waals surface area contributed by atoms with Crippen molar-refractivity contribution in [3.8, 4) is 5.75 Å². The van der Waals surface area contributed by atoms with Gasteiger partial charge in [0.2, 0.25) is 0 Å². The summed E-state index contributed by atoms with van der Waals surface area (Å²) in [5.74, 6) is 1.21. The standard InChI is InChI=1S/C15H22O4/c1-10(8-16)14-11(2)9-18-15(19-14)12-4-6-13(17-3)7-5-12/h4-7,10-11,14-16H,8-9H2,1-3H3/t10-,11-,14-,15-/m0/s1. The molecule has 1 aliphatic rings. The number of methoxy groups -OCH3 is 1. The van der Waals surface area contributed by atoms with Gasteiger partial charge in [0.1, 0.15) is 5.75 Å². The van der Waals surface area contributed by atoms with Crippen LogP contribution in [0, 0.1) is 11.8 Å². The zero-order valence-electron chi connectivity index (χ0n) is 11.7. The summed E-state index contributed by atoms with van der Waals surface area (Å²) < 4.78 is 16.9. The van der Waals surface area contributed by atoms with Crippen molar-refractivity contribution in [3.63, 3.8) is 0 Å². The Bertz CT molecular complexity index is 386. The number of aliphatic hydroxyl groups excluding tert-OH is 1. The average molecular weight is 266 g/mol. The average Bonchev–Trinajstić information content (AvgIpc) is 2.47. The van der Waals surface area contributed by atoms with Crippen molar-refractivity contribution in [1.82, 2.24) is 0 Å². The molecule has 1 N–H and O–H groups in total. The molecule has 1 fully saturated rings. The Morgan fingerprint density at radius 3 is 2.63 bits per heavy atom. The van der Waals surface area contributed by atoms with Crippen molar-refractivity contribution in [2.45, 2.75) is 26.2 Å². The molecule has 0 aliphatic carbocycles. The van der Waals surface area contributed by atoms with E-state index in [0.717, 1.165) is 11.3 Å². The Morgan fingerprint density at radius 1 is 1.37 bits per heavy atom. The first kappa shape index (κ1) is 14.3. The van der Waals surface area contributed by atoms with E-state index in [9.17, 15) is 5.11 Å². The van der Waals surface area contributed by atoms with Gasteiger partial charge >= 0.3 is 0 Å². The van der Waals surface area contributed by atoms with E-state index in [4.69, 9.17) is 14.2 Å². The van der Waals surface area contributed by atoms with Crippen molar-refractivity contribution < 1.29 is 19.3 Å². The number of ether oxygens (including phenoxy) is 3. The molecule has 2 rings (SSSR count). The summed E-state index contributed by atoms with van der Waals surface area (Å²) in [5, 5.41) is 9.29. The van der Waals surface area contributed by atoms with Gasteiger partial charge in [-0.25, -0.2) is 0 Å². The zero-order chi connectivity index (χ0) is 13.8. The van der Waals surface area contributed by atoms with Crippen LogP contribution in [0.4, 0.5) is 0 Å². The van der Waals surface area contributed by atoms with Gasteiger partial charge in [-0.2, -0.15) is 0 Å². The van der Waals surface area contributed by atoms with E-state index in [0.29, 0.717) is 6.61 Å². The van der Waals surface area contributed by atoms with E-state index in [1.54, 1.807) is 7.11 Å². The number of hydrogen-bond acceptors (Lipinski definition) is 4. The predicted molar refractivity (Wildman–Crippen MR) is 72.0 cm³/mol. The van der Waals surface area contributed by atoms with Crippen LogP contribution in [0.25, 0.3) is 0 Å². The normalized spacial score (nSPS) is 28.9. The third-order valence-corrected chi connectivity index (χ3v) is 3.59. The number of aliphatic hydroxyl groups is 1. The minimum atomic E-state index is -0.360. The highest BCUT2D eigenvalue weighted by atomic mass is 16.7. The van der Waals surface area contributed by atoms with Crippen LogP contribution < -0.4 is 4.74 Å². The van der Waals surface area contributed by atoms with Crippen LogP contribution in [0.1, 0.15) is 25.7 Å². The maximum atomic E-state index is 9.29. The number of benzene rings is 1. The molecule has 1 saturated heterocycles. The Hall–Kier alpha value is -1.10. The zero-order valence-corrected chi connectivity index (χ0v) is 11.7. The molecule has 0 amide bonds. The largest absolute Gasteiger partial charge is 0.497 e. The van der Waals surface area contributed by atoms with E-state index in [1.807, 2.05) is 31.2 Å². The lowest BCUT2D eigenvalue weighted by molar-refractivity contribution is -0.251. The second kappa shape index (κ2) is 6.37. The smallest absolute Gasteiger partial charge is 0.184 e. The quantitative estimate of drug-likeness (QED) is 0.909. The second-order valence-electron chi connectivity index (χ2n) is 5.18. The summed E-state index contributed by atoms with van der Waals surface area (Å²) in [4.78, 5) is 0. The summed E-state index contributed by atoms with van der Waals surface area (Å²) in [6.45, 7) is 4.86. The third-order valence-electron chi connectivity index (χ3n) is 3.59. The van der Waals surface area contributed by atoms with Gasteiger partial charge in [-0.1, -0.05) is 26.0 Å². The highest BCUT2D eigenvalue weighted by Gasteiger charge is 2.33. The van der Waals surface area contributed by atoms with Gasteiger partial charge in [0.15, 0.2) is 6.29 Å². The molecule has 1 aromatic rings. The molecule has 4 heteroatoms. The minimum Gasteiger partial charge on any atom is -0.497 e. The maximum absolute atomic E-state index is 9.29. The Kier molecular flexibility index (Phi) is 4.80. The molecule has 19 heavy (non-hydrogen) atoms. The summed E-state index contributed by atoms with van der Waals surface area (Å²) in [6.07, 6.45) is -0.341. The lowest BCUT2D eigenvalue weighted by atomic mass is 9.93. The fourth-order valence-electron chi connectivity index (χ4n) is 2.38. The SMILES string of the molecule is COc1ccc([C@H]2OC[C@H](C)[C@H]([C@@H](C)CO)O2)cc1. The minimum absolute atomic E-state index is 0.0193. The summed E-state index contributed by atoms with van der Waals surface area (Å²) in [6, 6.07) is 7.68. The van der Waals surface area contributed by atoms with Crippen molar-refractivity contribution in [2.75, 3.05) is 20.3 Å². The van der Waals surface area contributed by atoms with Crippen LogP contribution in [0.3, 0.4) is 0 Å². The molecule has 0 spiro atoms. The molecular weight excluding hydrogens is 244 g/mol. The Morgan fingerprint density at radius 2 is 2.05 bits per heavy atom. The van der Waals surface area contributed by atoms with E-state index in [-0.39, 0.29) is 30.8 Å². The first-order chi connectivity index (χ1) is 9.15. The first-order valence-electron chi connectivity index (χ1n) is 6.67. The van der Waals surface area contributed by atoms with E-state index >= 15 is 0 Å². The van der Waals surface area contributed by atoms with Gasteiger partial charge in [-0.15, -0.1) is 0 Å². The lowest BCUT2D eigenvalue weighted by Gasteiger charge is -2.37. The fourth-order valence-corrected chi connectivity index (χ4v) is 2.38. The molecule has 0 saturated carbocycles. The number of hydrogen-bond donors (Lipinski definition) is 1. The van der Waals surface area contributed by atoms with Crippen LogP contribution in [-0.4, -0.2) is 31.5 Å². The van der Waals surface area contributed by atoms with Crippen molar-refractivity contribution >= 4 is 0 Å². The van der Waals surface area contributed by atoms with Crippen molar-refractivity contribution in [1.29, 1.82) is 0 Å². The van der Waals surface area contributed by atoms with Gasteiger partial charge in [0, 0.05) is 24.0 Å². The van der Waals surface area contributed by atoms with Gasteiger partial charge in [0.05, 0.1) is 19.8 Å². The van der Waals surface area contributed by atoms with Crippen LogP contribution in [-0.2, 0) is 9.47 Å². The summed E-state index contributed by atoms with van der Waals surface area (Å²) in [7, 11) is 1.64. The summed E-state index contributed by atoms with van der Waals surface area (Å²) >= 11 is 0. The van der Waals surface area contributed by atoms with Gasteiger partial charge in [-0.3, -0.25) is 0 Å². The molecule has 1 aliphatic heterocycles. The third kappa shape index (κ3) is 3.26. The van der Waals surface area contributed by atoms with Crippen LogP contribution >= 0.6 is 0 Å². The van der Waals surface area contributed by atoms with E-state index in [2.05, 4.69) is 6.92 Å². The van der Waals surface area contributed by atoms with Crippen LogP contribution in [0.2, 0.25) is 0 Å². The molecule has 0 radical (unpaired) electrons. The predicted octanol–water partition coefficient (Wildman–Crippen LogP) is 2.37. The maximum Gasteiger partial charge on any atom is 0.184 e. The van der Waals surface area contributed by atoms with E-state index < -0.39 is 0 Å². The highest BCUT2D eigenvalue weighted by Crippen LogP contribution is 2.32. The molecule has 0 unspecified atom stereocenters. The van der Waals surface area contributed by atoms with Crippen molar-refractivity contribution in [2.24, 2.45) is 11.8 Å². The molecule has 0 bridgehead atoms. The Balaban J connectivity index is 2.08. The lowest BCUT2D eigenvalue weighted by Crippen LogP contribution is -2.40. The molecule has 1 heterocycles. The molecule has 4 atom stereocenters. The molecule has 1 aromatic carbocycles. The Labute approximate surface area is 114 Å². The van der Waals surface area contributed by atoms with Crippen LogP contribution in [0.15, 0.2) is 24.3 Å². The molecular formula is C15H22O4. The van der Waals surface area contributed by atoms with Crippen LogP contribution in [0.5, 0.6) is 5.75 Å². The van der Waals surface area contributed by atoms with Gasteiger partial charge < -0.3 is 19.3 Å². The summed E-state index contributed by atoms with van der Waals surface area (Å²) in [5.41, 5.74) is 0.975. The second-order valence-corrected chi connectivity index (χ2v) is 5.18. The highest BCUT2D eigenvalue weighted by molar-refractivity contribution is 5.28. The number of rotatable bonds is 4. The first-order valence-corrected chi connectivity index (χ1v) is 6.67. The van der Waals surface area contributed by atoms with Gasteiger partial charge in [-0.05, 0) is 12.1 Å². The van der Waals surface area contributed by atoms with E-state index in [1.165, 1.54) is 0 Å². The molecule has 106 valence electrons. The fraction of sp³-hybridized carbons (Fsp3) is 0.600.